The van der Waals surface area contributed by atoms with Crippen LogP contribution in [0.2, 0.25) is 5.02 Å². The van der Waals surface area contributed by atoms with Crippen LogP contribution in [0.1, 0.15) is 0 Å². The van der Waals surface area contributed by atoms with Crippen molar-refractivity contribution in [2.45, 2.75) is 4.90 Å². The standard InChI is InChI=1S/C22H25ClFN7O3S/c1-30-7-9-31(10-8-30)18-5-3-15(12-20(18)35(25,32)33)28-22-26-13-17(24)21(29-22)27-14-4-6-19(34-2)16(23)11-14/h3-6,11-13H,7-10H2,1-2H3,(H2,25,32,33)(H2,26,27,28,29). The number of nitrogens with zero attached hydrogens (tertiary/aromatic N) is 4. The summed E-state index contributed by atoms with van der Waals surface area (Å²) in [4.78, 5) is 12.3. The highest BCUT2D eigenvalue weighted by molar-refractivity contribution is 7.89. The second-order valence-corrected chi connectivity index (χ2v) is 9.94. The molecule has 2 heterocycles. The normalized spacial score (nSPS) is 14.6. The molecular formula is C22H25ClFN7O3S. The molecule has 0 bridgehead atoms. The summed E-state index contributed by atoms with van der Waals surface area (Å²) in [5, 5.41) is 11.6. The molecule has 3 aromatic rings. The molecule has 186 valence electrons. The fourth-order valence-electron chi connectivity index (χ4n) is 3.65. The number of hydrogen-bond donors (Lipinski definition) is 3. The molecule has 0 unspecified atom stereocenters. The quantitative estimate of drug-likeness (QED) is 0.429. The molecule has 1 aliphatic heterocycles. The van der Waals surface area contributed by atoms with Crippen LogP contribution in [0.25, 0.3) is 0 Å². The molecule has 35 heavy (non-hydrogen) atoms. The number of rotatable bonds is 7. The third kappa shape index (κ3) is 5.90. The maximum Gasteiger partial charge on any atom is 0.240 e. The highest BCUT2D eigenvalue weighted by Gasteiger charge is 2.22. The smallest absolute Gasteiger partial charge is 0.240 e. The van der Waals surface area contributed by atoms with Crippen LogP contribution in [0.5, 0.6) is 5.75 Å². The van der Waals surface area contributed by atoms with Gasteiger partial charge in [0.15, 0.2) is 11.6 Å². The molecule has 0 radical (unpaired) electrons. The number of nitrogens with two attached hydrogens (primary N) is 1. The van der Waals surface area contributed by atoms with E-state index in [1.807, 2.05) is 11.9 Å². The van der Waals surface area contributed by atoms with Crippen molar-refractivity contribution in [3.8, 4) is 5.75 Å². The average molecular weight is 522 g/mol. The number of primary sulfonamides is 1. The molecule has 2 aromatic carbocycles. The molecule has 10 nitrogen and oxygen atoms in total. The minimum atomic E-state index is -4.01. The van der Waals surface area contributed by atoms with Gasteiger partial charge in [-0.2, -0.15) is 4.98 Å². The summed E-state index contributed by atoms with van der Waals surface area (Å²) in [5.74, 6) is -0.239. The average Bonchev–Trinajstić information content (AvgIpc) is 2.81. The maximum absolute atomic E-state index is 14.4. The van der Waals surface area contributed by atoms with Crippen molar-refractivity contribution in [2.24, 2.45) is 5.14 Å². The second-order valence-electron chi connectivity index (χ2n) is 8.01. The van der Waals surface area contributed by atoms with Gasteiger partial charge in [-0.15, -0.1) is 0 Å². The molecule has 0 amide bonds. The lowest BCUT2D eigenvalue weighted by Crippen LogP contribution is -2.45. The minimum Gasteiger partial charge on any atom is -0.495 e. The molecule has 4 N–H and O–H groups in total. The van der Waals surface area contributed by atoms with Gasteiger partial charge in [0.05, 0.1) is 24.0 Å². The third-order valence-electron chi connectivity index (χ3n) is 5.53. The summed E-state index contributed by atoms with van der Waals surface area (Å²) in [6, 6.07) is 9.69. The topological polar surface area (TPSA) is 126 Å². The van der Waals surface area contributed by atoms with E-state index >= 15 is 0 Å². The molecule has 1 aliphatic rings. The van der Waals surface area contributed by atoms with Crippen molar-refractivity contribution >= 4 is 50.5 Å². The lowest BCUT2D eigenvalue weighted by atomic mass is 10.2. The van der Waals surface area contributed by atoms with Crippen molar-refractivity contribution in [1.82, 2.24) is 14.9 Å². The van der Waals surface area contributed by atoms with Crippen molar-refractivity contribution in [1.29, 1.82) is 0 Å². The number of piperazine rings is 1. The Morgan fingerprint density at radius 3 is 2.43 bits per heavy atom. The van der Waals surface area contributed by atoms with E-state index in [1.165, 1.54) is 13.2 Å². The Labute approximate surface area is 207 Å². The molecule has 0 atom stereocenters. The summed E-state index contributed by atoms with van der Waals surface area (Å²) >= 11 is 6.13. The zero-order chi connectivity index (χ0) is 25.2. The molecular weight excluding hydrogens is 497 g/mol. The summed E-state index contributed by atoms with van der Waals surface area (Å²) < 4.78 is 44.2. The van der Waals surface area contributed by atoms with E-state index < -0.39 is 15.8 Å². The van der Waals surface area contributed by atoms with Crippen LogP contribution in [-0.4, -0.2) is 63.6 Å². The maximum atomic E-state index is 14.4. The third-order valence-corrected chi connectivity index (χ3v) is 6.76. The Bertz CT molecular complexity index is 1330. The second kappa shape index (κ2) is 10.2. The van der Waals surface area contributed by atoms with Crippen molar-refractivity contribution in [3.05, 3.63) is 53.4 Å². The van der Waals surface area contributed by atoms with Crippen LogP contribution >= 0.6 is 11.6 Å². The molecule has 1 saturated heterocycles. The van der Waals surface area contributed by atoms with Crippen molar-refractivity contribution in [3.63, 3.8) is 0 Å². The molecule has 0 spiro atoms. The lowest BCUT2D eigenvalue weighted by Gasteiger charge is -2.35. The Kier molecular flexibility index (Phi) is 7.26. The number of methoxy groups -OCH3 is 1. The Morgan fingerprint density at radius 2 is 1.77 bits per heavy atom. The van der Waals surface area contributed by atoms with Crippen LogP contribution < -0.4 is 25.4 Å². The van der Waals surface area contributed by atoms with E-state index in [4.69, 9.17) is 21.5 Å². The van der Waals surface area contributed by atoms with Gasteiger partial charge in [0, 0.05) is 37.6 Å². The van der Waals surface area contributed by atoms with E-state index in [0.29, 0.717) is 40.9 Å². The van der Waals surface area contributed by atoms with E-state index in [-0.39, 0.29) is 16.7 Å². The van der Waals surface area contributed by atoms with E-state index in [9.17, 15) is 12.8 Å². The first-order chi connectivity index (χ1) is 16.6. The first kappa shape index (κ1) is 24.9. The highest BCUT2D eigenvalue weighted by Crippen LogP contribution is 2.31. The predicted octanol–water partition coefficient (Wildman–Crippen LogP) is 3.16. The number of ether oxygens (including phenoxy) is 1. The van der Waals surface area contributed by atoms with Crippen LogP contribution in [0.15, 0.2) is 47.5 Å². The van der Waals surface area contributed by atoms with Gasteiger partial charge >= 0.3 is 0 Å². The number of hydrogen-bond acceptors (Lipinski definition) is 9. The Hall–Kier alpha value is -3.19. The number of benzene rings is 2. The van der Waals surface area contributed by atoms with Crippen molar-refractivity contribution in [2.75, 3.05) is 55.9 Å². The highest BCUT2D eigenvalue weighted by atomic mass is 35.5. The molecule has 13 heteroatoms. The van der Waals surface area contributed by atoms with Gasteiger partial charge in [0.1, 0.15) is 10.6 Å². The fraction of sp³-hybridized carbons (Fsp3) is 0.273. The lowest BCUT2D eigenvalue weighted by molar-refractivity contribution is 0.312. The number of likely N-dealkylation sites (N-methyl/N-ethyl adjacent to an activating group) is 1. The predicted molar refractivity (Wildman–Crippen MR) is 134 cm³/mol. The van der Waals surface area contributed by atoms with Crippen LogP contribution in [0.4, 0.5) is 33.2 Å². The molecule has 0 saturated carbocycles. The summed E-state index contributed by atoms with van der Waals surface area (Å²) in [6.45, 7) is 2.97. The zero-order valence-electron chi connectivity index (χ0n) is 19.1. The van der Waals surface area contributed by atoms with Crippen LogP contribution in [0, 0.1) is 5.82 Å². The van der Waals surface area contributed by atoms with E-state index in [2.05, 4.69) is 25.5 Å². The number of nitrogens with one attached hydrogen (secondary N) is 2. The van der Waals surface area contributed by atoms with Gasteiger partial charge in [-0.05, 0) is 43.4 Å². The molecule has 1 aromatic heterocycles. The van der Waals surface area contributed by atoms with E-state index in [0.717, 1.165) is 19.3 Å². The molecule has 4 rings (SSSR count). The summed E-state index contributed by atoms with van der Waals surface area (Å²) in [6.07, 6.45) is 1.00. The zero-order valence-corrected chi connectivity index (χ0v) is 20.7. The largest absolute Gasteiger partial charge is 0.495 e. The fourth-order valence-corrected chi connectivity index (χ4v) is 4.69. The number of anilines is 5. The minimum absolute atomic E-state index is 0.0135. The molecule has 0 aliphatic carbocycles. The van der Waals surface area contributed by atoms with Gasteiger partial charge in [-0.3, -0.25) is 0 Å². The van der Waals surface area contributed by atoms with Gasteiger partial charge in [0.25, 0.3) is 0 Å². The van der Waals surface area contributed by atoms with Crippen LogP contribution in [0.3, 0.4) is 0 Å². The summed E-state index contributed by atoms with van der Waals surface area (Å²) in [5.41, 5.74) is 1.41. The number of halogens is 2. The molecule has 1 fully saturated rings. The van der Waals surface area contributed by atoms with E-state index in [1.54, 1.807) is 30.3 Å². The van der Waals surface area contributed by atoms with Gasteiger partial charge in [0.2, 0.25) is 16.0 Å². The van der Waals surface area contributed by atoms with Crippen LogP contribution in [-0.2, 0) is 10.0 Å². The monoisotopic (exact) mass is 521 g/mol. The Balaban J connectivity index is 1.58. The number of aromatic nitrogens is 2. The SMILES string of the molecule is COc1ccc(Nc2nc(Nc3ccc(N4CCN(C)CC4)c(S(N)(=O)=O)c3)ncc2F)cc1Cl. The Morgan fingerprint density at radius 1 is 1.09 bits per heavy atom. The number of sulfonamides is 1. The van der Waals surface area contributed by atoms with Crippen molar-refractivity contribution < 1.29 is 17.5 Å². The first-order valence-corrected chi connectivity index (χ1v) is 12.6. The van der Waals surface area contributed by atoms with Gasteiger partial charge < -0.3 is 25.2 Å². The van der Waals surface area contributed by atoms with Gasteiger partial charge in [-0.1, -0.05) is 11.6 Å². The van der Waals surface area contributed by atoms with Gasteiger partial charge in [-0.25, -0.2) is 22.9 Å². The first-order valence-electron chi connectivity index (χ1n) is 10.6. The summed E-state index contributed by atoms with van der Waals surface area (Å²) in [7, 11) is -0.498.